The molecule has 3 aliphatic rings. The molecule has 2 aromatic rings. The van der Waals surface area contributed by atoms with Crippen molar-refractivity contribution in [2.45, 2.75) is 37.3 Å². The van der Waals surface area contributed by atoms with Gasteiger partial charge in [0.2, 0.25) is 5.95 Å². The largest absolute Gasteiger partial charge is 0.389 e. The number of rotatable bonds is 3. The Morgan fingerprint density at radius 1 is 1.20 bits per heavy atom. The lowest BCUT2D eigenvalue weighted by molar-refractivity contribution is -0.0136. The molecule has 5 rings (SSSR count). The summed E-state index contributed by atoms with van der Waals surface area (Å²) in [6.45, 7) is 3.59. The average Bonchev–Trinajstić information content (AvgIpc) is 3.33. The second kappa shape index (κ2) is 7.33. The van der Waals surface area contributed by atoms with Gasteiger partial charge in [-0.25, -0.2) is 18.7 Å². The number of hydrogen-bond acceptors (Lipinski definition) is 7. The highest BCUT2D eigenvalue weighted by Gasteiger charge is 2.45. The van der Waals surface area contributed by atoms with Crippen molar-refractivity contribution in [3.05, 3.63) is 35.5 Å². The summed E-state index contributed by atoms with van der Waals surface area (Å²) in [5.41, 5.74) is 1.65. The Bertz CT molecular complexity index is 1020. The molecular formula is C21H22F2N4O3. The molecular weight excluding hydrogens is 394 g/mol. The van der Waals surface area contributed by atoms with Crippen molar-refractivity contribution < 1.29 is 23.4 Å². The summed E-state index contributed by atoms with van der Waals surface area (Å²) in [4.78, 5) is 12.7. The van der Waals surface area contributed by atoms with Gasteiger partial charge in [-0.15, -0.1) is 0 Å². The van der Waals surface area contributed by atoms with Gasteiger partial charge in [0.05, 0.1) is 37.0 Å². The zero-order chi connectivity index (χ0) is 20.9. The van der Waals surface area contributed by atoms with E-state index in [1.807, 2.05) is 6.92 Å². The number of fused-ring (bicyclic) bond motifs is 2. The van der Waals surface area contributed by atoms with Gasteiger partial charge < -0.3 is 19.9 Å². The Balaban J connectivity index is 1.52. The molecule has 1 aromatic carbocycles. The first kappa shape index (κ1) is 19.5. The second-order valence-electron chi connectivity index (χ2n) is 8.01. The molecule has 1 unspecified atom stereocenters. The number of nitrogens with one attached hydrogen (secondary N) is 1. The van der Waals surface area contributed by atoms with E-state index in [0.717, 1.165) is 11.9 Å². The molecule has 7 nitrogen and oxygen atoms in total. The molecule has 2 N–H and O–H groups in total. The monoisotopic (exact) mass is 416 g/mol. The van der Waals surface area contributed by atoms with Gasteiger partial charge in [0.15, 0.2) is 5.82 Å². The van der Waals surface area contributed by atoms with Crippen molar-refractivity contribution in [2.75, 3.05) is 31.7 Å². The molecule has 0 radical (unpaired) electrons. The van der Waals surface area contributed by atoms with Gasteiger partial charge in [0.1, 0.15) is 17.2 Å². The van der Waals surface area contributed by atoms with Gasteiger partial charge in [0.25, 0.3) is 0 Å². The fraction of sp³-hybridized carbons (Fsp3) is 0.476. The third kappa shape index (κ3) is 3.08. The highest BCUT2D eigenvalue weighted by molar-refractivity contribution is 6.01. The highest BCUT2D eigenvalue weighted by atomic mass is 19.1. The van der Waals surface area contributed by atoms with E-state index in [0.29, 0.717) is 49.5 Å². The van der Waals surface area contributed by atoms with Crippen LogP contribution in [0, 0.1) is 11.6 Å². The lowest BCUT2D eigenvalue weighted by atomic mass is 9.77. The Morgan fingerprint density at radius 2 is 2.07 bits per heavy atom. The minimum absolute atomic E-state index is 0.00522. The Labute approximate surface area is 172 Å². The molecule has 2 saturated heterocycles. The van der Waals surface area contributed by atoms with E-state index in [2.05, 4.69) is 20.3 Å². The van der Waals surface area contributed by atoms with Crippen LogP contribution in [-0.2, 0) is 14.9 Å². The van der Waals surface area contributed by atoms with Crippen LogP contribution >= 0.6 is 0 Å². The van der Waals surface area contributed by atoms with Gasteiger partial charge in [0, 0.05) is 24.5 Å². The SMILES string of the molecule is CC1=Nc2c(F)cc(-c3nc(N[C@@H]4CCOC[C@H]4O)ncc3F)cc2C12CCOC2. The Morgan fingerprint density at radius 3 is 2.83 bits per heavy atom. The maximum Gasteiger partial charge on any atom is 0.223 e. The number of nitrogens with zero attached hydrogens (tertiary/aromatic N) is 3. The van der Waals surface area contributed by atoms with E-state index in [1.165, 1.54) is 6.07 Å². The first-order valence-corrected chi connectivity index (χ1v) is 10.0. The number of halogens is 2. The molecule has 9 heteroatoms. The van der Waals surface area contributed by atoms with Crippen LogP contribution in [-0.4, -0.2) is 59.4 Å². The van der Waals surface area contributed by atoms with E-state index in [1.54, 1.807) is 6.07 Å². The summed E-state index contributed by atoms with van der Waals surface area (Å²) in [6, 6.07) is 2.71. The summed E-state index contributed by atoms with van der Waals surface area (Å²) >= 11 is 0. The van der Waals surface area contributed by atoms with Crippen LogP contribution in [0.4, 0.5) is 20.4 Å². The fourth-order valence-corrected chi connectivity index (χ4v) is 4.44. The molecule has 3 aliphatic heterocycles. The minimum Gasteiger partial charge on any atom is -0.389 e. The standard InChI is InChI=1S/C21H22F2N4O3/c1-11-21(3-5-30-10-21)13-6-12(7-14(22)19(13)25-11)18-15(23)8-24-20(27-18)26-16-2-4-29-9-17(16)28/h6-8,16-17,28H,2-5,9-10H2,1H3,(H,24,26,27)/t16-,17-,21?/m1/s1. The summed E-state index contributed by atoms with van der Waals surface area (Å²) in [5.74, 6) is -0.998. The first-order chi connectivity index (χ1) is 14.5. The Kier molecular flexibility index (Phi) is 4.76. The van der Waals surface area contributed by atoms with E-state index >= 15 is 0 Å². The van der Waals surface area contributed by atoms with Gasteiger partial charge >= 0.3 is 0 Å². The van der Waals surface area contributed by atoms with E-state index in [9.17, 15) is 13.9 Å². The van der Waals surface area contributed by atoms with Crippen LogP contribution in [0.3, 0.4) is 0 Å². The molecule has 30 heavy (non-hydrogen) atoms. The maximum atomic E-state index is 14.9. The Hall–Kier alpha value is -2.49. The van der Waals surface area contributed by atoms with Crippen LogP contribution in [0.5, 0.6) is 0 Å². The topological polar surface area (TPSA) is 88.9 Å². The molecule has 4 heterocycles. The number of aliphatic hydroxyl groups excluding tert-OH is 1. The molecule has 0 amide bonds. The van der Waals surface area contributed by atoms with Crippen molar-refractivity contribution in [1.29, 1.82) is 0 Å². The summed E-state index contributed by atoms with van der Waals surface area (Å²) in [5, 5.41) is 13.1. The van der Waals surface area contributed by atoms with Gasteiger partial charge in [-0.2, -0.15) is 0 Å². The predicted molar refractivity (Wildman–Crippen MR) is 106 cm³/mol. The number of aromatic nitrogens is 2. The minimum atomic E-state index is -0.712. The zero-order valence-corrected chi connectivity index (χ0v) is 16.5. The quantitative estimate of drug-likeness (QED) is 0.800. The lowest BCUT2D eigenvalue weighted by Crippen LogP contribution is -2.42. The number of ether oxygens (including phenoxy) is 2. The molecule has 0 saturated carbocycles. The number of anilines is 1. The molecule has 1 aromatic heterocycles. The van der Waals surface area contributed by atoms with Crippen LogP contribution in [0.1, 0.15) is 25.3 Å². The molecule has 2 fully saturated rings. The molecule has 1 spiro atoms. The van der Waals surface area contributed by atoms with Gasteiger partial charge in [-0.3, -0.25) is 4.99 Å². The van der Waals surface area contributed by atoms with E-state index < -0.39 is 23.2 Å². The maximum absolute atomic E-state index is 14.9. The van der Waals surface area contributed by atoms with Crippen molar-refractivity contribution in [3.8, 4) is 11.3 Å². The van der Waals surface area contributed by atoms with Gasteiger partial charge in [-0.1, -0.05) is 0 Å². The fourth-order valence-electron chi connectivity index (χ4n) is 4.44. The third-order valence-corrected chi connectivity index (χ3v) is 6.23. The first-order valence-electron chi connectivity index (χ1n) is 10.0. The number of hydrogen-bond donors (Lipinski definition) is 2. The van der Waals surface area contributed by atoms with Gasteiger partial charge in [-0.05, 0) is 37.5 Å². The number of aliphatic hydroxyl groups is 1. The number of benzene rings is 1. The second-order valence-corrected chi connectivity index (χ2v) is 8.01. The van der Waals surface area contributed by atoms with Crippen molar-refractivity contribution in [1.82, 2.24) is 9.97 Å². The normalized spacial score (nSPS) is 27.9. The molecule has 0 bridgehead atoms. The van der Waals surface area contributed by atoms with E-state index in [-0.39, 0.29) is 24.3 Å². The van der Waals surface area contributed by atoms with Crippen LogP contribution in [0.25, 0.3) is 11.3 Å². The summed E-state index contributed by atoms with van der Waals surface area (Å²) in [6.07, 6.45) is 1.62. The predicted octanol–water partition coefficient (Wildman–Crippen LogP) is 2.75. The third-order valence-electron chi connectivity index (χ3n) is 6.23. The van der Waals surface area contributed by atoms with Crippen molar-refractivity contribution >= 4 is 17.3 Å². The van der Waals surface area contributed by atoms with Crippen LogP contribution in [0.2, 0.25) is 0 Å². The summed E-state index contributed by atoms with van der Waals surface area (Å²) < 4.78 is 40.4. The van der Waals surface area contributed by atoms with Crippen LogP contribution in [0.15, 0.2) is 23.3 Å². The smallest absolute Gasteiger partial charge is 0.223 e. The lowest BCUT2D eigenvalue weighted by Gasteiger charge is -2.28. The molecule has 158 valence electrons. The number of aliphatic imine (C=N–C) groups is 1. The van der Waals surface area contributed by atoms with Crippen LogP contribution < -0.4 is 5.32 Å². The van der Waals surface area contributed by atoms with Crippen molar-refractivity contribution in [2.24, 2.45) is 4.99 Å². The van der Waals surface area contributed by atoms with E-state index in [4.69, 9.17) is 9.47 Å². The van der Waals surface area contributed by atoms with Crippen molar-refractivity contribution in [3.63, 3.8) is 0 Å². The molecule has 0 aliphatic carbocycles. The zero-order valence-electron chi connectivity index (χ0n) is 16.5. The molecule has 3 atom stereocenters. The highest BCUT2D eigenvalue weighted by Crippen LogP contribution is 2.48. The average molecular weight is 416 g/mol. The summed E-state index contributed by atoms with van der Waals surface area (Å²) in [7, 11) is 0.